The molecule has 0 radical (unpaired) electrons. The Bertz CT molecular complexity index is 4130. The van der Waals surface area contributed by atoms with Gasteiger partial charge in [0.05, 0.1) is 0 Å². The highest BCUT2D eigenvalue weighted by Crippen LogP contribution is 2.45. The van der Waals surface area contributed by atoms with Crippen LogP contribution in [0.3, 0.4) is 0 Å². The average molecular weight is 1320 g/mol. The standard InChI is InChI=1S/C96H110N4/c1-13-17-19-21-23-81-65-94(92-60-58-90(64-70(92)10)100(86-51-39-78(40-52-86)74-31-27-72(28-32-74)62-68(7)8)88-55-43-80(44-56-88)76-35-47-84(48-36-76)96(12,98)16-4)82(24-22-20-18-14-2)66-93(81)91-59-57-89(63-69(91)9)99(85-49-37-77(38-50-85)73-29-25-71(26-30-73)61-67(5)6)87-53-41-79(42-54-87)75-33-45-83(46-34-75)95(11,97)15-3/h25-60,63-68H,13-24,61-62,97-98H2,1-12H3. The summed E-state index contributed by atoms with van der Waals surface area (Å²) in [6, 6.07) is 92.1. The molecule has 0 heterocycles. The molecule has 0 aliphatic rings. The maximum absolute atomic E-state index is 6.69. The number of aryl methyl sites for hydroxylation is 4. The topological polar surface area (TPSA) is 58.5 Å². The predicted molar refractivity (Wildman–Crippen MR) is 434 cm³/mol. The van der Waals surface area contributed by atoms with Crippen molar-refractivity contribution in [2.45, 2.75) is 184 Å². The van der Waals surface area contributed by atoms with Gasteiger partial charge in [0.15, 0.2) is 0 Å². The summed E-state index contributed by atoms with van der Waals surface area (Å²) in [5, 5.41) is 0. The smallest absolute Gasteiger partial charge is 0.0464 e. The summed E-state index contributed by atoms with van der Waals surface area (Å²) in [7, 11) is 0. The third-order valence-corrected chi connectivity index (χ3v) is 21.0. The monoisotopic (exact) mass is 1320 g/mol. The lowest BCUT2D eigenvalue weighted by atomic mass is 9.84. The highest BCUT2D eigenvalue weighted by Gasteiger charge is 2.24. The molecule has 11 aromatic rings. The number of nitrogens with zero attached hydrogens (tertiary/aromatic N) is 2. The Balaban J connectivity index is 0.973. The fourth-order valence-corrected chi connectivity index (χ4v) is 14.5. The van der Waals surface area contributed by atoms with Crippen molar-refractivity contribution in [1.82, 2.24) is 0 Å². The van der Waals surface area contributed by atoms with E-state index in [9.17, 15) is 0 Å². The van der Waals surface area contributed by atoms with Crippen LogP contribution in [-0.2, 0) is 36.8 Å². The first-order valence-electron chi connectivity index (χ1n) is 37.7. The van der Waals surface area contributed by atoms with Crippen LogP contribution < -0.4 is 21.3 Å². The number of benzene rings is 11. The summed E-state index contributed by atoms with van der Waals surface area (Å²) < 4.78 is 0. The number of rotatable bonds is 30. The van der Waals surface area contributed by atoms with Crippen LogP contribution in [0.4, 0.5) is 34.1 Å². The predicted octanol–water partition coefficient (Wildman–Crippen LogP) is 27.1. The van der Waals surface area contributed by atoms with Crippen LogP contribution in [0.1, 0.15) is 178 Å². The number of anilines is 6. The van der Waals surface area contributed by atoms with Gasteiger partial charge in [-0.05, 0) is 275 Å². The molecule has 0 fully saturated rings. The van der Waals surface area contributed by atoms with Crippen LogP contribution in [0.15, 0.2) is 243 Å². The van der Waals surface area contributed by atoms with Gasteiger partial charge in [-0.2, -0.15) is 0 Å². The fourth-order valence-electron chi connectivity index (χ4n) is 14.5. The molecule has 11 aromatic carbocycles. The third kappa shape index (κ3) is 17.4. The Kier molecular flexibility index (Phi) is 23.8. The SMILES string of the molecule is CCCCCCc1cc(-c2ccc(N(c3ccc(-c4ccc(CC(C)C)cc4)cc3)c3ccc(-c4ccc(C(C)(N)CC)cc4)cc3)cc2C)c(CCCCCC)cc1-c1ccc(N(c2ccc(-c3ccc(CC(C)C)cc3)cc2)c2ccc(-c3ccc(C(C)(N)CC)cc3)cc2)cc1C. The minimum Gasteiger partial charge on any atom is -0.322 e. The zero-order valence-corrected chi connectivity index (χ0v) is 62.2. The average Bonchev–Trinajstić information content (AvgIpc) is 0.771. The maximum Gasteiger partial charge on any atom is 0.0464 e. The van der Waals surface area contributed by atoms with Gasteiger partial charge >= 0.3 is 0 Å². The molecule has 4 N–H and O–H groups in total. The van der Waals surface area contributed by atoms with E-state index < -0.39 is 0 Å². The molecule has 0 aromatic heterocycles. The molecular weight excluding hydrogens is 1210 g/mol. The lowest BCUT2D eigenvalue weighted by Crippen LogP contribution is -2.31. The maximum atomic E-state index is 6.69. The largest absolute Gasteiger partial charge is 0.322 e. The lowest BCUT2D eigenvalue weighted by Gasteiger charge is -2.28. The van der Waals surface area contributed by atoms with E-state index >= 15 is 0 Å². The zero-order chi connectivity index (χ0) is 70.5. The summed E-state index contributed by atoms with van der Waals surface area (Å²) in [6.45, 7) is 27.0. The van der Waals surface area contributed by atoms with Crippen LogP contribution in [0.25, 0.3) is 66.8 Å². The summed E-state index contributed by atoms with van der Waals surface area (Å²) in [5.74, 6) is 1.24. The van der Waals surface area contributed by atoms with Crippen LogP contribution in [0.5, 0.6) is 0 Å². The van der Waals surface area contributed by atoms with E-state index in [1.54, 1.807) is 0 Å². The second-order valence-electron chi connectivity index (χ2n) is 29.9. The minimum atomic E-state index is -0.360. The van der Waals surface area contributed by atoms with Gasteiger partial charge in [-0.3, -0.25) is 0 Å². The van der Waals surface area contributed by atoms with Crippen LogP contribution in [-0.4, -0.2) is 0 Å². The van der Waals surface area contributed by atoms with Crippen molar-refractivity contribution in [3.8, 4) is 66.8 Å². The van der Waals surface area contributed by atoms with E-state index in [4.69, 9.17) is 11.5 Å². The van der Waals surface area contributed by atoms with Gasteiger partial charge in [-0.1, -0.05) is 264 Å². The molecule has 2 unspecified atom stereocenters. The fraction of sp³-hybridized carbons (Fsp3) is 0.312. The Morgan fingerprint density at radius 3 is 0.810 bits per heavy atom. The van der Waals surface area contributed by atoms with Gasteiger partial charge in [-0.15, -0.1) is 0 Å². The lowest BCUT2D eigenvalue weighted by molar-refractivity contribution is 0.476. The molecular formula is C96H110N4. The first-order valence-corrected chi connectivity index (χ1v) is 37.7. The van der Waals surface area contributed by atoms with Crippen molar-refractivity contribution in [2.24, 2.45) is 23.3 Å². The van der Waals surface area contributed by atoms with E-state index in [0.29, 0.717) is 11.8 Å². The Hall–Kier alpha value is -9.06. The number of hydrogen-bond acceptors (Lipinski definition) is 4. The van der Waals surface area contributed by atoms with Crippen LogP contribution >= 0.6 is 0 Å². The Labute approximate surface area is 601 Å². The molecule has 11 rings (SSSR count). The van der Waals surface area contributed by atoms with Gasteiger partial charge in [0.1, 0.15) is 0 Å². The zero-order valence-electron chi connectivity index (χ0n) is 62.2. The van der Waals surface area contributed by atoms with Crippen molar-refractivity contribution >= 4 is 34.1 Å². The van der Waals surface area contributed by atoms with E-state index in [0.717, 1.165) is 96.6 Å². The summed E-state index contributed by atoms with van der Waals surface area (Å²) in [4.78, 5) is 4.87. The molecule has 0 aliphatic heterocycles. The molecule has 0 saturated heterocycles. The third-order valence-electron chi connectivity index (χ3n) is 21.0. The molecule has 0 bridgehead atoms. The van der Waals surface area contributed by atoms with Crippen molar-refractivity contribution < 1.29 is 0 Å². The molecule has 100 heavy (non-hydrogen) atoms. The molecule has 2 atom stereocenters. The first kappa shape index (κ1) is 72.2. The summed E-state index contributed by atoms with van der Waals surface area (Å²) in [6.07, 6.45) is 15.6. The summed E-state index contributed by atoms with van der Waals surface area (Å²) in [5.41, 5.74) is 44.8. The van der Waals surface area contributed by atoms with E-state index in [2.05, 4.69) is 336 Å². The van der Waals surface area contributed by atoms with Gasteiger partial charge in [0.25, 0.3) is 0 Å². The van der Waals surface area contributed by atoms with Crippen molar-refractivity contribution in [1.29, 1.82) is 0 Å². The molecule has 4 nitrogen and oxygen atoms in total. The van der Waals surface area contributed by atoms with E-state index in [1.807, 2.05) is 0 Å². The quantitative estimate of drug-likeness (QED) is 0.0441. The molecule has 4 heteroatoms. The Morgan fingerprint density at radius 2 is 0.560 bits per heavy atom. The highest BCUT2D eigenvalue weighted by molar-refractivity contribution is 5.87. The highest BCUT2D eigenvalue weighted by atomic mass is 15.1. The van der Waals surface area contributed by atoms with E-state index in [-0.39, 0.29) is 11.1 Å². The molecule has 0 saturated carbocycles. The van der Waals surface area contributed by atoms with Gasteiger partial charge < -0.3 is 21.3 Å². The first-order chi connectivity index (χ1) is 48.3. The van der Waals surface area contributed by atoms with Gasteiger partial charge in [-0.25, -0.2) is 0 Å². The Morgan fingerprint density at radius 1 is 0.300 bits per heavy atom. The molecule has 0 aliphatic carbocycles. The number of unbranched alkanes of at least 4 members (excludes halogenated alkanes) is 6. The number of hydrogen-bond donors (Lipinski definition) is 2. The summed E-state index contributed by atoms with van der Waals surface area (Å²) >= 11 is 0. The van der Waals surface area contributed by atoms with Crippen LogP contribution in [0.2, 0.25) is 0 Å². The van der Waals surface area contributed by atoms with Crippen molar-refractivity contribution in [3.63, 3.8) is 0 Å². The normalized spacial score (nSPS) is 12.8. The molecule has 0 amide bonds. The van der Waals surface area contributed by atoms with Crippen molar-refractivity contribution in [2.75, 3.05) is 9.80 Å². The number of nitrogens with two attached hydrogens (primary N) is 2. The van der Waals surface area contributed by atoms with Crippen LogP contribution in [0, 0.1) is 25.7 Å². The molecule has 514 valence electrons. The van der Waals surface area contributed by atoms with Crippen molar-refractivity contribution in [3.05, 3.63) is 287 Å². The van der Waals surface area contributed by atoms with Gasteiger partial charge in [0, 0.05) is 45.2 Å². The minimum absolute atomic E-state index is 0.360. The molecule has 0 spiro atoms. The van der Waals surface area contributed by atoms with E-state index in [1.165, 1.54) is 139 Å². The van der Waals surface area contributed by atoms with Gasteiger partial charge in [0.2, 0.25) is 0 Å². The second-order valence-corrected chi connectivity index (χ2v) is 29.9. The second kappa shape index (κ2) is 33.0.